The fourth-order valence-electron chi connectivity index (χ4n) is 4.68. The van der Waals surface area contributed by atoms with E-state index in [9.17, 15) is 9.59 Å². The van der Waals surface area contributed by atoms with Crippen molar-refractivity contribution in [3.05, 3.63) is 41.5 Å². The molecule has 0 bridgehead atoms. The van der Waals surface area contributed by atoms with Crippen LogP contribution in [0.2, 0.25) is 0 Å². The molecule has 2 fully saturated rings. The molecule has 0 N–H and O–H groups in total. The quantitative estimate of drug-likeness (QED) is 0.732. The standard InChI is InChI=1S/C17H18N2O2/c1-17-13-11-7-5-4-6-10(11)8-9-12(13)14(17)18(2)16(21)19(3)15(17)20/h4-9,12-14H,1-3H3/t12-,13+,14-,17+/m1/s1. The first-order chi connectivity index (χ1) is 9.98. The third-order valence-electron chi connectivity index (χ3n) is 5.61. The fourth-order valence-corrected chi connectivity index (χ4v) is 4.68. The van der Waals surface area contributed by atoms with Gasteiger partial charge in [-0.05, 0) is 18.1 Å². The molecule has 4 rings (SSSR count). The molecular formula is C17H18N2O2. The maximum Gasteiger partial charge on any atom is 0.326 e. The second-order valence-electron chi connectivity index (χ2n) is 6.53. The Kier molecular flexibility index (Phi) is 2.26. The highest BCUT2D eigenvalue weighted by Gasteiger charge is 2.69. The number of rotatable bonds is 0. The zero-order valence-electron chi connectivity index (χ0n) is 12.4. The van der Waals surface area contributed by atoms with Gasteiger partial charge in [0.25, 0.3) is 0 Å². The third kappa shape index (κ3) is 1.26. The average Bonchev–Trinajstić information content (AvgIpc) is 2.49. The molecule has 4 nitrogen and oxygen atoms in total. The first-order valence-electron chi connectivity index (χ1n) is 7.30. The van der Waals surface area contributed by atoms with Crippen LogP contribution in [0.1, 0.15) is 24.0 Å². The van der Waals surface area contributed by atoms with E-state index < -0.39 is 5.41 Å². The predicted octanol–water partition coefficient (Wildman–Crippen LogP) is 2.33. The van der Waals surface area contributed by atoms with E-state index in [0.29, 0.717) is 0 Å². The molecule has 1 saturated heterocycles. The van der Waals surface area contributed by atoms with E-state index in [2.05, 4.69) is 24.3 Å². The van der Waals surface area contributed by atoms with Gasteiger partial charge in [0.05, 0.1) is 11.5 Å². The lowest BCUT2D eigenvalue weighted by molar-refractivity contribution is -0.165. The lowest BCUT2D eigenvalue weighted by Crippen LogP contribution is -2.75. The maximum atomic E-state index is 12.8. The van der Waals surface area contributed by atoms with E-state index in [1.54, 1.807) is 19.0 Å². The molecule has 0 aromatic heterocycles. The van der Waals surface area contributed by atoms with Crippen LogP contribution in [0.3, 0.4) is 0 Å². The molecule has 3 amide bonds. The van der Waals surface area contributed by atoms with Crippen molar-refractivity contribution in [2.24, 2.45) is 11.3 Å². The number of urea groups is 1. The van der Waals surface area contributed by atoms with Crippen LogP contribution in [0.5, 0.6) is 0 Å². The van der Waals surface area contributed by atoms with E-state index in [0.717, 1.165) is 0 Å². The Hall–Kier alpha value is -2.10. The summed E-state index contributed by atoms with van der Waals surface area (Å²) in [5.74, 6) is 0.340. The van der Waals surface area contributed by atoms with Gasteiger partial charge in [-0.3, -0.25) is 9.69 Å². The minimum Gasteiger partial charge on any atom is -0.323 e. The molecule has 4 atom stereocenters. The molecule has 108 valence electrons. The zero-order valence-corrected chi connectivity index (χ0v) is 12.4. The highest BCUT2D eigenvalue weighted by atomic mass is 16.2. The summed E-state index contributed by atoms with van der Waals surface area (Å²) in [5, 5.41) is 0. The van der Waals surface area contributed by atoms with Crippen LogP contribution in [-0.4, -0.2) is 41.9 Å². The van der Waals surface area contributed by atoms with Crippen molar-refractivity contribution < 1.29 is 9.59 Å². The summed E-state index contributed by atoms with van der Waals surface area (Å²) in [5.41, 5.74) is 1.89. The summed E-state index contributed by atoms with van der Waals surface area (Å²) >= 11 is 0. The molecule has 1 aliphatic heterocycles. The highest BCUT2D eigenvalue weighted by molar-refractivity contribution is 6.02. The minimum atomic E-state index is -0.525. The Balaban J connectivity index is 1.87. The molecule has 1 aromatic carbocycles. The SMILES string of the molecule is CN1C(=O)N(C)[C@@H]2[C@@H]3C=Cc4ccccc4[C@@H]3[C@]2(C)C1=O. The first kappa shape index (κ1) is 12.6. The molecule has 1 heterocycles. The number of imide groups is 1. The Morgan fingerprint density at radius 2 is 1.86 bits per heavy atom. The minimum absolute atomic E-state index is 0.0386. The normalized spacial score (nSPS) is 36.8. The second-order valence-corrected chi connectivity index (χ2v) is 6.53. The van der Waals surface area contributed by atoms with Gasteiger partial charge >= 0.3 is 6.03 Å². The lowest BCUT2D eigenvalue weighted by Gasteiger charge is -2.65. The molecule has 3 aliphatic rings. The number of hydrogen-bond acceptors (Lipinski definition) is 2. The van der Waals surface area contributed by atoms with Gasteiger partial charge in [0.15, 0.2) is 0 Å². The van der Waals surface area contributed by atoms with Crippen molar-refractivity contribution in [1.29, 1.82) is 0 Å². The lowest BCUT2D eigenvalue weighted by atomic mass is 9.46. The third-order valence-corrected chi connectivity index (χ3v) is 5.61. The molecule has 2 aliphatic carbocycles. The summed E-state index contributed by atoms with van der Waals surface area (Å²) in [4.78, 5) is 28.0. The summed E-state index contributed by atoms with van der Waals surface area (Å²) in [6, 6.07) is 8.01. The van der Waals surface area contributed by atoms with Crippen molar-refractivity contribution in [2.75, 3.05) is 14.1 Å². The van der Waals surface area contributed by atoms with E-state index in [1.165, 1.54) is 16.0 Å². The molecule has 0 radical (unpaired) electrons. The van der Waals surface area contributed by atoms with Gasteiger partial charge in [0, 0.05) is 25.9 Å². The van der Waals surface area contributed by atoms with E-state index >= 15 is 0 Å². The van der Waals surface area contributed by atoms with Gasteiger partial charge in [-0.25, -0.2) is 4.79 Å². The fraction of sp³-hybridized carbons (Fsp3) is 0.412. The molecule has 1 aromatic rings. The topological polar surface area (TPSA) is 40.6 Å². The molecule has 0 spiro atoms. The highest BCUT2D eigenvalue weighted by Crippen LogP contribution is 2.63. The monoisotopic (exact) mass is 282 g/mol. The van der Waals surface area contributed by atoms with Crippen LogP contribution in [0.25, 0.3) is 6.08 Å². The number of hydrogen-bond donors (Lipinski definition) is 0. The Morgan fingerprint density at radius 3 is 2.62 bits per heavy atom. The summed E-state index contributed by atoms with van der Waals surface area (Å²) in [7, 11) is 3.39. The van der Waals surface area contributed by atoms with Gasteiger partial charge < -0.3 is 4.90 Å². The molecule has 0 unspecified atom stereocenters. The van der Waals surface area contributed by atoms with Crippen LogP contribution in [-0.2, 0) is 4.79 Å². The smallest absolute Gasteiger partial charge is 0.323 e. The van der Waals surface area contributed by atoms with Crippen molar-refractivity contribution >= 4 is 18.0 Å². The molecule has 21 heavy (non-hydrogen) atoms. The number of carbonyl (C=O) groups is 2. The van der Waals surface area contributed by atoms with E-state index in [4.69, 9.17) is 0 Å². The van der Waals surface area contributed by atoms with Gasteiger partial charge in [-0.15, -0.1) is 0 Å². The van der Waals surface area contributed by atoms with Crippen molar-refractivity contribution in [2.45, 2.75) is 18.9 Å². The van der Waals surface area contributed by atoms with Gasteiger partial charge in [0.1, 0.15) is 0 Å². The summed E-state index contributed by atoms with van der Waals surface area (Å²) in [6.07, 6.45) is 4.29. The Labute approximate surface area is 124 Å². The van der Waals surface area contributed by atoms with Crippen LogP contribution < -0.4 is 0 Å². The van der Waals surface area contributed by atoms with Crippen molar-refractivity contribution in [3.63, 3.8) is 0 Å². The van der Waals surface area contributed by atoms with Crippen molar-refractivity contribution in [1.82, 2.24) is 9.80 Å². The van der Waals surface area contributed by atoms with Gasteiger partial charge in [-0.2, -0.15) is 0 Å². The van der Waals surface area contributed by atoms with Gasteiger partial charge in [-0.1, -0.05) is 36.4 Å². The maximum absolute atomic E-state index is 12.8. The van der Waals surface area contributed by atoms with Crippen LogP contribution in [0.15, 0.2) is 30.3 Å². The van der Waals surface area contributed by atoms with Gasteiger partial charge in [0.2, 0.25) is 5.91 Å². The second kappa shape index (κ2) is 3.75. The average molecular weight is 282 g/mol. The van der Waals surface area contributed by atoms with E-state index in [-0.39, 0.29) is 29.8 Å². The number of nitrogens with zero attached hydrogens (tertiary/aromatic N) is 2. The predicted molar refractivity (Wildman–Crippen MR) is 79.5 cm³/mol. The number of fused-ring (bicyclic) bond motifs is 6. The van der Waals surface area contributed by atoms with Crippen molar-refractivity contribution in [3.8, 4) is 0 Å². The van der Waals surface area contributed by atoms with Crippen LogP contribution in [0, 0.1) is 11.3 Å². The zero-order chi connectivity index (χ0) is 14.9. The molecular weight excluding hydrogens is 264 g/mol. The van der Waals surface area contributed by atoms with Crippen LogP contribution >= 0.6 is 0 Å². The Morgan fingerprint density at radius 1 is 1.14 bits per heavy atom. The first-order valence-corrected chi connectivity index (χ1v) is 7.30. The molecule has 4 heteroatoms. The summed E-state index contributed by atoms with van der Waals surface area (Å²) < 4.78 is 0. The Bertz CT molecular complexity index is 696. The summed E-state index contributed by atoms with van der Waals surface area (Å²) in [6.45, 7) is 2.01. The largest absolute Gasteiger partial charge is 0.326 e. The van der Waals surface area contributed by atoms with E-state index in [1.807, 2.05) is 19.1 Å². The number of amides is 3. The molecule has 1 saturated carbocycles. The number of benzene rings is 1. The van der Waals surface area contributed by atoms with Crippen LogP contribution in [0.4, 0.5) is 4.79 Å². The number of carbonyl (C=O) groups excluding carboxylic acids is 2.